The Kier molecular flexibility index (Phi) is 6.73. The van der Waals surface area contributed by atoms with Crippen LogP contribution in [0.5, 0.6) is 5.75 Å². The van der Waals surface area contributed by atoms with E-state index in [1.54, 1.807) is 13.0 Å². The van der Waals surface area contributed by atoms with Gasteiger partial charge in [-0.1, -0.05) is 6.08 Å². The first-order valence-electron chi connectivity index (χ1n) is 9.88. The molecule has 0 saturated carbocycles. The van der Waals surface area contributed by atoms with E-state index in [-0.39, 0.29) is 46.3 Å². The van der Waals surface area contributed by atoms with E-state index in [2.05, 4.69) is 5.32 Å². The van der Waals surface area contributed by atoms with Crippen molar-refractivity contribution in [2.45, 2.75) is 23.6 Å². The third-order valence-corrected chi connectivity index (χ3v) is 6.97. The van der Waals surface area contributed by atoms with E-state index < -0.39 is 47.6 Å². The third-order valence-electron chi connectivity index (χ3n) is 5.31. The van der Waals surface area contributed by atoms with Crippen LogP contribution in [0.25, 0.3) is 10.8 Å². The molecule has 2 aromatic rings. The number of fused-ring (bicyclic) bond motifs is 1. The lowest BCUT2D eigenvalue weighted by atomic mass is 9.95. The van der Waals surface area contributed by atoms with Crippen LogP contribution in [0.3, 0.4) is 0 Å². The Labute approximate surface area is 200 Å². The first-order chi connectivity index (χ1) is 16.2. The number of nitrogens with zero attached hydrogens (tertiary/aromatic N) is 2. The van der Waals surface area contributed by atoms with Gasteiger partial charge in [-0.05, 0) is 43.0 Å². The lowest BCUT2D eigenvalue weighted by molar-refractivity contribution is -0.140. The number of anilines is 1. The number of nitriles is 1. The molecule has 14 heteroatoms. The van der Waals surface area contributed by atoms with Crippen LogP contribution in [0.15, 0.2) is 56.9 Å². The van der Waals surface area contributed by atoms with Crippen molar-refractivity contribution >= 4 is 48.5 Å². The summed E-state index contributed by atoms with van der Waals surface area (Å²) in [6, 6.07) is 5.33. The average Bonchev–Trinajstić information content (AvgIpc) is 2.74. The zero-order valence-corrected chi connectivity index (χ0v) is 19.9. The molecule has 0 saturated heterocycles. The number of phenolic OH excluding ortho intramolecular Hbond substituents is 1. The number of likely N-dealkylation sites (N-methyl/N-ethyl adjacent to an activating group) is 1. The number of amides is 2. The van der Waals surface area contributed by atoms with Gasteiger partial charge >= 0.3 is 0 Å². The minimum Gasteiger partial charge on any atom is -0.507 e. The molecule has 0 spiro atoms. The molecule has 0 aliphatic carbocycles. The van der Waals surface area contributed by atoms with Crippen LogP contribution in [-0.2, 0) is 29.8 Å². The van der Waals surface area contributed by atoms with Gasteiger partial charge in [0.1, 0.15) is 17.4 Å². The molecule has 184 valence electrons. The molecular weight excluding hydrogens is 502 g/mol. The van der Waals surface area contributed by atoms with Crippen LogP contribution in [0.1, 0.15) is 13.8 Å². The van der Waals surface area contributed by atoms with E-state index >= 15 is 0 Å². The maximum absolute atomic E-state index is 12.7. The predicted molar refractivity (Wildman–Crippen MR) is 123 cm³/mol. The van der Waals surface area contributed by atoms with E-state index in [4.69, 9.17) is 0 Å². The van der Waals surface area contributed by atoms with Gasteiger partial charge in [-0.3, -0.25) is 23.6 Å². The fourth-order valence-electron chi connectivity index (χ4n) is 3.63. The van der Waals surface area contributed by atoms with Gasteiger partial charge in [0.05, 0.1) is 9.79 Å². The first kappa shape index (κ1) is 25.8. The van der Waals surface area contributed by atoms with Crippen LogP contribution in [0.4, 0.5) is 5.69 Å². The van der Waals surface area contributed by atoms with Gasteiger partial charge < -0.3 is 10.4 Å². The number of hydrogen-bond acceptors (Lipinski definition) is 9. The highest BCUT2D eigenvalue weighted by Gasteiger charge is 2.34. The third kappa shape index (κ3) is 4.88. The Morgan fingerprint density at radius 1 is 1.03 bits per heavy atom. The summed E-state index contributed by atoms with van der Waals surface area (Å²) in [5, 5.41) is 22.3. The van der Waals surface area contributed by atoms with Gasteiger partial charge in [0.25, 0.3) is 32.1 Å². The summed E-state index contributed by atoms with van der Waals surface area (Å²) in [6.45, 7) is 2.88. The molecule has 1 aliphatic heterocycles. The number of nitrogens with one attached hydrogen (secondary N) is 1. The molecule has 1 heterocycles. The van der Waals surface area contributed by atoms with Crippen molar-refractivity contribution in [1.82, 2.24) is 4.90 Å². The van der Waals surface area contributed by atoms with Crippen LogP contribution >= 0.6 is 0 Å². The number of phenols is 1. The number of hydrogen-bond donors (Lipinski definition) is 4. The van der Waals surface area contributed by atoms with E-state index in [0.29, 0.717) is 0 Å². The number of carbonyl (C=O) groups is 2. The Bertz CT molecular complexity index is 1590. The minimum atomic E-state index is -4.76. The number of rotatable bonds is 6. The molecule has 1 aliphatic rings. The highest BCUT2D eigenvalue weighted by atomic mass is 32.2. The van der Waals surface area contributed by atoms with Gasteiger partial charge in [-0.15, -0.1) is 0 Å². The number of aromatic hydroxyl groups is 1. The predicted octanol–water partition coefficient (Wildman–Crippen LogP) is 1.61. The van der Waals surface area contributed by atoms with Gasteiger partial charge in [0, 0.05) is 35.8 Å². The van der Waals surface area contributed by atoms with Crippen molar-refractivity contribution < 1.29 is 40.6 Å². The summed E-state index contributed by atoms with van der Waals surface area (Å²) < 4.78 is 65.3. The van der Waals surface area contributed by atoms with Crippen LogP contribution in [-0.4, -0.2) is 60.9 Å². The summed E-state index contributed by atoms with van der Waals surface area (Å²) in [6.07, 6.45) is 1.36. The van der Waals surface area contributed by atoms with Gasteiger partial charge in [0.15, 0.2) is 0 Å². The topological polar surface area (TPSA) is 202 Å². The monoisotopic (exact) mass is 521 g/mol. The van der Waals surface area contributed by atoms with Crippen molar-refractivity contribution in [1.29, 1.82) is 5.26 Å². The molecule has 4 N–H and O–H groups in total. The van der Waals surface area contributed by atoms with E-state index in [1.807, 2.05) is 0 Å². The lowest BCUT2D eigenvalue weighted by Crippen LogP contribution is -2.42. The largest absolute Gasteiger partial charge is 0.507 e. The SMILES string of the molecule is CCN1C(=O)C(C#N)=C(C)/C(=C/CNc2cc(S(=O)(=O)O)cc3cc(S(=O)(=O)O)cc(O)c23)C1=O. The van der Waals surface area contributed by atoms with Crippen molar-refractivity contribution in [2.24, 2.45) is 0 Å². The van der Waals surface area contributed by atoms with Crippen molar-refractivity contribution in [2.75, 3.05) is 18.4 Å². The first-order valence-corrected chi connectivity index (χ1v) is 12.8. The fourth-order valence-corrected chi connectivity index (χ4v) is 4.71. The minimum absolute atomic E-state index is 0.0336. The van der Waals surface area contributed by atoms with Crippen LogP contribution in [0, 0.1) is 11.3 Å². The highest BCUT2D eigenvalue weighted by Crippen LogP contribution is 2.36. The summed E-state index contributed by atoms with van der Waals surface area (Å²) >= 11 is 0. The lowest BCUT2D eigenvalue weighted by Gasteiger charge is -2.26. The molecule has 0 aromatic heterocycles. The summed E-state index contributed by atoms with van der Waals surface area (Å²) in [5.74, 6) is -1.96. The number of benzene rings is 2. The zero-order chi connectivity index (χ0) is 26.3. The van der Waals surface area contributed by atoms with Crippen molar-refractivity contribution in [3.05, 3.63) is 47.1 Å². The second-order valence-electron chi connectivity index (χ2n) is 7.43. The second kappa shape index (κ2) is 9.12. The Morgan fingerprint density at radius 3 is 2.11 bits per heavy atom. The van der Waals surface area contributed by atoms with Crippen LogP contribution in [0.2, 0.25) is 0 Å². The Balaban J connectivity index is 2.13. The van der Waals surface area contributed by atoms with Gasteiger partial charge in [-0.2, -0.15) is 22.1 Å². The molecule has 2 aromatic carbocycles. The van der Waals surface area contributed by atoms with Gasteiger partial charge in [-0.25, -0.2) is 0 Å². The molecule has 0 unspecified atom stereocenters. The van der Waals surface area contributed by atoms with E-state index in [1.165, 1.54) is 13.0 Å². The summed E-state index contributed by atoms with van der Waals surface area (Å²) in [7, 11) is -9.50. The molecule has 0 radical (unpaired) electrons. The fraction of sp³-hybridized carbons (Fsp3) is 0.190. The van der Waals surface area contributed by atoms with Gasteiger partial charge in [0.2, 0.25) is 0 Å². The molecule has 0 bridgehead atoms. The molecule has 0 atom stereocenters. The van der Waals surface area contributed by atoms with Crippen molar-refractivity contribution in [3.63, 3.8) is 0 Å². The summed E-state index contributed by atoms with van der Waals surface area (Å²) in [4.78, 5) is 24.5. The standard InChI is InChI=1S/C21H19N3O9S2/c1-3-24-20(26)15(11(2)16(10-22)21(24)27)4-5-23-17-8-13(34(28,29)30)6-12-7-14(35(31,32)33)9-18(25)19(12)17/h4,6-9,23,25H,3,5H2,1-2H3,(H,28,29,30)(H,31,32,33)/b15-4-. The Hall–Kier alpha value is -3.77. The maximum Gasteiger partial charge on any atom is 0.294 e. The molecule has 0 fully saturated rings. The summed E-state index contributed by atoms with van der Waals surface area (Å²) in [5.41, 5.74) is -0.0399. The normalized spacial score (nSPS) is 16.2. The van der Waals surface area contributed by atoms with E-state index in [9.17, 15) is 45.9 Å². The molecule has 12 nitrogen and oxygen atoms in total. The van der Waals surface area contributed by atoms with E-state index in [0.717, 1.165) is 29.2 Å². The second-order valence-corrected chi connectivity index (χ2v) is 10.3. The molecule has 35 heavy (non-hydrogen) atoms. The maximum atomic E-state index is 12.7. The molecule has 3 rings (SSSR count). The molecule has 2 amide bonds. The number of carbonyl (C=O) groups excluding carboxylic acids is 2. The smallest absolute Gasteiger partial charge is 0.294 e. The quantitative estimate of drug-likeness (QED) is 0.244. The molecular formula is C21H19N3O9S2. The average molecular weight is 522 g/mol. The highest BCUT2D eigenvalue weighted by molar-refractivity contribution is 7.86. The Morgan fingerprint density at radius 2 is 1.60 bits per heavy atom. The number of imide groups is 1. The van der Waals surface area contributed by atoms with Crippen molar-refractivity contribution in [3.8, 4) is 11.8 Å². The van der Waals surface area contributed by atoms with Crippen LogP contribution < -0.4 is 5.32 Å². The zero-order valence-electron chi connectivity index (χ0n) is 18.3.